The average Bonchev–Trinajstić information content (AvgIpc) is 3.15. The maximum absolute atomic E-state index is 12.3. The Labute approximate surface area is 179 Å². The Bertz CT molecular complexity index is 1040. The highest BCUT2D eigenvalue weighted by atomic mass is 32.2. The van der Waals surface area contributed by atoms with Crippen molar-refractivity contribution in [3.63, 3.8) is 0 Å². The van der Waals surface area contributed by atoms with Gasteiger partial charge in [-0.05, 0) is 31.2 Å². The van der Waals surface area contributed by atoms with Gasteiger partial charge in [-0.25, -0.2) is 4.79 Å². The molecule has 3 aromatic rings. The summed E-state index contributed by atoms with van der Waals surface area (Å²) in [6, 6.07) is 14.6. The van der Waals surface area contributed by atoms with Crippen molar-refractivity contribution in [2.45, 2.75) is 18.6 Å². The van der Waals surface area contributed by atoms with Crippen LogP contribution in [0.3, 0.4) is 0 Å². The molecule has 154 valence electrons. The zero-order valence-corrected chi connectivity index (χ0v) is 17.6. The van der Waals surface area contributed by atoms with Crippen LogP contribution in [0, 0.1) is 6.92 Å². The molecule has 1 amide bonds. The maximum Gasteiger partial charge on any atom is 0.337 e. The van der Waals surface area contributed by atoms with Crippen LogP contribution in [0.5, 0.6) is 0 Å². The van der Waals surface area contributed by atoms with E-state index < -0.39 is 5.97 Å². The van der Waals surface area contributed by atoms with E-state index >= 15 is 0 Å². The van der Waals surface area contributed by atoms with Gasteiger partial charge < -0.3 is 10.1 Å². The number of benzene rings is 2. The zero-order valence-electron chi connectivity index (χ0n) is 16.8. The first kappa shape index (κ1) is 21.3. The lowest BCUT2D eigenvalue weighted by atomic mass is 10.1. The number of amides is 1. The highest BCUT2D eigenvalue weighted by molar-refractivity contribution is 7.99. The number of esters is 1. The molecule has 0 atom stereocenters. The molecule has 30 heavy (non-hydrogen) atoms. The number of aromatic nitrogens is 3. The van der Waals surface area contributed by atoms with E-state index in [1.54, 1.807) is 30.3 Å². The average molecular weight is 423 g/mol. The molecule has 0 bridgehead atoms. The lowest BCUT2D eigenvalue weighted by Gasteiger charge is -2.09. The summed E-state index contributed by atoms with van der Waals surface area (Å²) in [5.41, 5.74) is 3.14. The SMILES string of the molecule is C=CCn1c(SCC(=O)Nc2ccc(C(=O)OC)cc2)nnc1-c1ccc(C)cc1. The van der Waals surface area contributed by atoms with Gasteiger partial charge in [0.25, 0.3) is 0 Å². The minimum absolute atomic E-state index is 0.169. The van der Waals surface area contributed by atoms with Gasteiger partial charge in [0.05, 0.1) is 18.4 Å². The number of nitrogens with one attached hydrogen (secondary N) is 1. The fourth-order valence-corrected chi connectivity index (χ4v) is 3.49. The van der Waals surface area contributed by atoms with Crippen LogP contribution in [0.15, 0.2) is 66.3 Å². The first-order valence-corrected chi connectivity index (χ1v) is 10.2. The third-order valence-electron chi connectivity index (χ3n) is 4.26. The van der Waals surface area contributed by atoms with Gasteiger partial charge in [0.15, 0.2) is 11.0 Å². The zero-order chi connectivity index (χ0) is 21.5. The van der Waals surface area contributed by atoms with Gasteiger partial charge in [-0.15, -0.1) is 16.8 Å². The minimum atomic E-state index is -0.422. The Hall–Kier alpha value is -3.39. The lowest BCUT2D eigenvalue weighted by Crippen LogP contribution is -2.15. The number of methoxy groups -OCH3 is 1. The van der Waals surface area contributed by atoms with Crippen LogP contribution in [0.4, 0.5) is 5.69 Å². The highest BCUT2D eigenvalue weighted by Gasteiger charge is 2.15. The van der Waals surface area contributed by atoms with Gasteiger partial charge in [0, 0.05) is 17.8 Å². The highest BCUT2D eigenvalue weighted by Crippen LogP contribution is 2.24. The third-order valence-corrected chi connectivity index (χ3v) is 5.23. The molecule has 0 aliphatic heterocycles. The predicted octanol–water partition coefficient (Wildman–Crippen LogP) is 3.96. The molecule has 0 aliphatic rings. The maximum atomic E-state index is 12.3. The van der Waals surface area contributed by atoms with Gasteiger partial charge in [-0.2, -0.15) is 0 Å². The van der Waals surface area contributed by atoms with Crippen molar-refractivity contribution in [1.82, 2.24) is 14.8 Å². The summed E-state index contributed by atoms with van der Waals surface area (Å²) in [7, 11) is 1.32. The van der Waals surface area contributed by atoms with Crippen LogP contribution in [-0.2, 0) is 16.1 Å². The van der Waals surface area contributed by atoms with Gasteiger partial charge in [-0.1, -0.05) is 47.7 Å². The number of nitrogens with zero attached hydrogens (tertiary/aromatic N) is 3. The minimum Gasteiger partial charge on any atom is -0.465 e. The van der Waals surface area contributed by atoms with Crippen LogP contribution < -0.4 is 5.32 Å². The molecular weight excluding hydrogens is 400 g/mol. The van der Waals surface area contributed by atoms with Crippen molar-refractivity contribution in [1.29, 1.82) is 0 Å². The van der Waals surface area contributed by atoms with E-state index in [1.807, 2.05) is 35.8 Å². The second-order valence-electron chi connectivity index (χ2n) is 6.48. The Kier molecular flexibility index (Phi) is 7.03. The number of rotatable bonds is 8. The van der Waals surface area contributed by atoms with Crippen molar-refractivity contribution in [3.8, 4) is 11.4 Å². The summed E-state index contributed by atoms with van der Waals surface area (Å²) in [5.74, 6) is 0.295. The number of allylic oxidation sites excluding steroid dienone is 1. The normalized spacial score (nSPS) is 10.5. The van der Waals surface area contributed by atoms with Crippen LogP contribution in [0.25, 0.3) is 11.4 Å². The predicted molar refractivity (Wildman–Crippen MR) is 118 cm³/mol. The van der Waals surface area contributed by atoms with E-state index in [4.69, 9.17) is 0 Å². The lowest BCUT2D eigenvalue weighted by molar-refractivity contribution is -0.113. The second-order valence-corrected chi connectivity index (χ2v) is 7.42. The van der Waals surface area contributed by atoms with Crippen LogP contribution in [0.1, 0.15) is 15.9 Å². The smallest absolute Gasteiger partial charge is 0.337 e. The summed E-state index contributed by atoms with van der Waals surface area (Å²) >= 11 is 1.30. The first-order valence-electron chi connectivity index (χ1n) is 9.24. The fraction of sp³-hybridized carbons (Fsp3) is 0.182. The van der Waals surface area contributed by atoms with E-state index in [2.05, 4.69) is 26.8 Å². The molecule has 7 nitrogen and oxygen atoms in total. The molecule has 0 radical (unpaired) electrons. The van der Waals surface area contributed by atoms with E-state index in [0.717, 1.165) is 11.4 Å². The number of carbonyl (C=O) groups is 2. The number of ether oxygens (including phenoxy) is 1. The molecule has 0 aliphatic carbocycles. The summed E-state index contributed by atoms with van der Waals surface area (Å²) in [6.07, 6.45) is 1.77. The molecule has 2 aromatic carbocycles. The van der Waals surface area contributed by atoms with Crippen molar-refractivity contribution in [2.75, 3.05) is 18.2 Å². The molecule has 0 saturated carbocycles. The van der Waals surface area contributed by atoms with Crippen LogP contribution in [-0.4, -0.2) is 39.5 Å². The largest absolute Gasteiger partial charge is 0.465 e. The molecule has 1 N–H and O–H groups in total. The Morgan fingerprint density at radius 3 is 2.47 bits per heavy atom. The molecule has 1 aromatic heterocycles. The van der Waals surface area contributed by atoms with Crippen molar-refractivity contribution in [2.24, 2.45) is 0 Å². The summed E-state index contributed by atoms with van der Waals surface area (Å²) < 4.78 is 6.60. The van der Waals surface area contributed by atoms with Crippen LogP contribution >= 0.6 is 11.8 Å². The number of carbonyl (C=O) groups excluding carboxylic acids is 2. The number of thioether (sulfide) groups is 1. The standard InChI is InChI=1S/C22H22N4O3S/c1-4-13-26-20(16-7-5-15(2)6-8-16)24-25-22(26)30-14-19(27)23-18-11-9-17(10-12-18)21(28)29-3/h4-12H,1,13-14H2,2-3H3,(H,23,27). The van der Waals surface area contributed by atoms with E-state index in [0.29, 0.717) is 23.0 Å². The molecule has 0 saturated heterocycles. The molecule has 8 heteroatoms. The summed E-state index contributed by atoms with van der Waals surface area (Å²) in [4.78, 5) is 23.8. The Balaban J connectivity index is 1.66. The molecular formula is C22H22N4O3S. The second kappa shape index (κ2) is 9.89. The van der Waals surface area contributed by atoms with Crippen molar-refractivity contribution >= 4 is 29.3 Å². The first-order chi connectivity index (χ1) is 14.5. The Morgan fingerprint density at radius 2 is 1.83 bits per heavy atom. The van der Waals surface area contributed by atoms with E-state index in [1.165, 1.54) is 24.4 Å². The van der Waals surface area contributed by atoms with Gasteiger partial charge in [0.2, 0.25) is 5.91 Å². The van der Waals surface area contributed by atoms with Gasteiger partial charge in [0.1, 0.15) is 0 Å². The summed E-state index contributed by atoms with van der Waals surface area (Å²) in [6.45, 7) is 6.37. The summed E-state index contributed by atoms with van der Waals surface area (Å²) in [5, 5.41) is 12.0. The number of aryl methyl sites for hydroxylation is 1. The Morgan fingerprint density at radius 1 is 1.13 bits per heavy atom. The van der Waals surface area contributed by atoms with Gasteiger partial charge in [-0.3, -0.25) is 9.36 Å². The van der Waals surface area contributed by atoms with E-state index in [9.17, 15) is 9.59 Å². The third kappa shape index (κ3) is 5.15. The van der Waals surface area contributed by atoms with Crippen LogP contribution in [0.2, 0.25) is 0 Å². The quantitative estimate of drug-likeness (QED) is 0.336. The van der Waals surface area contributed by atoms with Gasteiger partial charge >= 0.3 is 5.97 Å². The molecule has 1 heterocycles. The molecule has 0 unspecified atom stereocenters. The van der Waals surface area contributed by atoms with Crippen molar-refractivity contribution in [3.05, 3.63) is 72.3 Å². The molecule has 0 fully saturated rings. The monoisotopic (exact) mass is 422 g/mol. The number of anilines is 1. The topological polar surface area (TPSA) is 86.1 Å². The fourth-order valence-electron chi connectivity index (χ4n) is 2.74. The van der Waals surface area contributed by atoms with E-state index in [-0.39, 0.29) is 11.7 Å². The molecule has 0 spiro atoms. The van der Waals surface area contributed by atoms with Crippen molar-refractivity contribution < 1.29 is 14.3 Å². The molecule has 3 rings (SSSR count). The number of hydrogen-bond donors (Lipinski definition) is 1. The number of hydrogen-bond acceptors (Lipinski definition) is 6.